The number of nitrogens with zero attached hydrogens (tertiary/aromatic N) is 3. The molecular weight excluding hydrogens is 329 g/mol. The van der Waals surface area contributed by atoms with E-state index in [-0.39, 0.29) is 5.82 Å². The summed E-state index contributed by atoms with van der Waals surface area (Å²) in [7, 11) is 0. The van der Waals surface area contributed by atoms with Gasteiger partial charge in [-0.2, -0.15) is 0 Å². The zero-order valence-electron chi connectivity index (χ0n) is 14.9. The van der Waals surface area contributed by atoms with Gasteiger partial charge in [-0.3, -0.25) is 4.90 Å². The monoisotopic (exact) mass is 351 g/mol. The minimum Gasteiger partial charge on any atom is -0.460 e. The molecule has 0 saturated carbocycles. The van der Waals surface area contributed by atoms with E-state index in [9.17, 15) is 4.39 Å². The molecule has 1 aromatic carbocycles. The fraction of sp³-hybridized carbons (Fsp3) is 0.333. The van der Waals surface area contributed by atoms with Crippen molar-refractivity contribution in [1.29, 1.82) is 0 Å². The number of hydrogen-bond acceptors (Lipinski definition) is 4. The highest BCUT2D eigenvalue weighted by Crippen LogP contribution is 2.30. The number of furan rings is 1. The maximum absolute atomic E-state index is 13.9. The lowest BCUT2D eigenvalue weighted by Crippen LogP contribution is -2.32. The summed E-state index contributed by atoms with van der Waals surface area (Å²) >= 11 is 0. The molecule has 26 heavy (non-hydrogen) atoms. The molecule has 1 aliphatic heterocycles. The summed E-state index contributed by atoms with van der Waals surface area (Å²) in [5.41, 5.74) is 2.86. The number of piperidine rings is 1. The average molecular weight is 351 g/mol. The molecule has 3 aromatic rings. The topological polar surface area (TPSA) is 42.2 Å². The van der Waals surface area contributed by atoms with Gasteiger partial charge in [0.15, 0.2) is 0 Å². The Labute approximate surface area is 152 Å². The predicted molar refractivity (Wildman–Crippen MR) is 98.1 cm³/mol. The van der Waals surface area contributed by atoms with Gasteiger partial charge in [0, 0.05) is 17.8 Å². The molecule has 4 rings (SSSR count). The second-order valence-electron chi connectivity index (χ2n) is 6.89. The van der Waals surface area contributed by atoms with Gasteiger partial charge in [0.1, 0.15) is 23.7 Å². The van der Waals surface area contributed by atoms with Gasteiger partial charge in [0.2, 0.25) is 0 Å². The predicted octanol–water partition coefficient (Wildman–Crippen LogP) is 4.56. The number of halogens is 1. The quantitative estimate of drug-likeness (QED) is 0.691. The Balaban J connectivity index is 1.38. The highest BCUT2D eigenvalue weighted by Gasteiger charge is 2.23. The van der Waals surface area contributed by atoms with Crippen molar-refractivity contribution in [2.24, 2.45) is 0 Å². The first-order chi connectivity index (χ1) is 12.7. The normalized spacial score (nSPS) is 16.1. The number of aryl methyl sites for hydroxylation is 1. The van der Waals surface area contributed by atoms with Crippen molar-refractivity contribution in [3.05, 3.63) is 71.8 Å². The van der Waals surface area contributed by atoms with Crippen LogP contribution in [0.5, 0.6) is 0 Å². The van der Waals surface area contributed by atoms with Crippen molar-refractivity contribution in [2.45, 2.75) is 32.2 Å². The number of rotatable bonds is 4. The summed E-state index contributed by atoms with van der Waals surface area (Å²) < 4.78 is 19.8. The van der Waals surface area contributed by atoms with E-state index in [0.717, 1.165) is 38.2 Å². The van der Waals surface area contributed by atoms with Crippen LogP contribution >= 0.6 is 0 Å². The third-order valence-electron chi connectivity index (χ3n) is 5.09. The maximum Gasteiger partial charge on any atom is 0.137 e. The van der Waals surface area contributed by atoms with Gasteiger partial charge in [0.25, 0.3) is 0 Å². The molecule has 1 saturated heterocycles. The Hall–Kier alpha value is -2.53. The van der Waals surface area contributed by atoms with Crippen LogP contribution in [0.2, 0.25) is 0 Å². The van der Waals surface area contributed by atoms with Gasteiger partial charge in [0.05, 0.1) is 12.1 Å². The molecule has 0 aliphatic carbocycles. The number of benzene rings is 1. The summed E-state index contributed by atoms with van der Waals surface area (Å²) in [6.45, 7) is 4.84. The minimum absolute atomic E-state index is 0.255. The van der Waals surface area contributed by atoms with Crippen LogP contribution in [-0.4, -0.2) is 28.0 Å². The van der Waals surface area contributed by atoms with Crippen LogP contribution in [0.25, 0.3) is 11.3 Å². The molecule has 4 nitrogen and oxygen atoms in total. The lowest BCUT2D eigenvalue weighted by atomic mass is 9.91. The van der Waals surface area contributed by atoms with Crippen molar-refractivity contribution in [2.75, 3.05) is 13.1 Å². The van der Waals surface area contributed by atoms with E-state index in [4.69, 9.17) is 4.42 Å². The minimum atomic E-state index is -0.255. The lowest BCUT2D eigenvalue weighted by molar-refractivity contribution is 0.190. The molecule has 0 unspecified atom stereocenters. The number of likely N-dealkylation sites (tertiary alicyclic amines) is 1. The average Bonchev–Trinajstić information content (AvgIpc) is 3.11. The van der Waals surface area contributed by atoms with Crippen molar-refractivity contribution in [3.63, 3.8) is 0 Å². The van der Waals surface area contributed by atoms with Gasteiger partial charge in [-0.15, -0.1) is 0 Å². The molecule has 0 radical (unpaired) electrons. The van der Waals surface area contributed by atoms with E-state index in [1.54, 1.807) is 18.5 Å². The van der Waals surface area contributed by atoms with E-state index < -0.39 is 0 Å². The van der Waals surface area contributed by atoms with E-state index in [1.165, 1.54) is 17.3 Å². The van der Waals surface area contributed by atoms with Crippen LogP contribution < -0.4 is 0 Å². The van der Waals surface area contributed by atoms with E-state index in [2.05, 4.69) is 21.8 Å². The molecule has 2 aromatic heterocycles. The van der Waals surface area contributed by atoms with Crippen LogP contribution in [0.1, 0.15) is 35.8 Å². The fourth-order valence-electron chi connectivity index (χ4n) is 3.69. The maximum atomic E-state index is 13.9. The van der Waals surface area contributed by atoms with Crippen molar-refractivity contribution >= 4 is 0 Å². The van der Waals surface area contributed by atoms with Gasteiger partial charge in [-0.05, 0) is 62.7 Å². The number of hydrogen-bond donors (Lipinski definition) is 0. The Morgan fingerprint density at radius 2 is 1.96 bits per heavy atom. The third-order valence-corrected chi connectivity index (χ3v) is 5.09. The molecule has 0 N–H and O–H groups in total. The molecule has 134 valence electrons. The summed E-state index contributed by atoms with van der Waals surface area (Å²) in [5, 5.41) is 0. The van der Waals surface area contributed by atoms with E-state index >= 15 is 0 Å². The SMILES string of the molecule is Cc1cncnc1C1CCN(Cc2ccc(-c3ccccc3F)o2)CC1. The zero-order chi connectivity index (χ0) is 17.9. The van der Waals surface area contributed by atoms with Gasteiger partial charge >= 0.3 is 0 Å². The molecule has 0 bridgehead atoms. The Morgan fingerprint density at radius 1 is 1.15 bits per heavy atom. The van der Waals surface area contributed by atoms with Crippen LogP contribution in [0.15, 0.2) is 53.3 Å². The van der Waals surface area contributed by atoms with Crippen molar-refractivity contribution < 1.29 is 8.81 Å². The third kappa shape index (κ3) is 3.53. The van der Waals surface area contributed by atoms with Crippen LogP contribution in [0.3, 0.4) is 0 Å². The van der Waals surface area contributed by atoms with E-state index in [0.29, 0.717) is 17.2 Å². The van der Waals surface area contributed by atoms with Gasteiger partial charge in [-0.25, -0.2) is 14.4 Å². The number of aromatic nitrogens is 2. The van der Waals surface area contributed by atoms with Gasteiger partial charge < -0.3 is 4.42 Å². The summed E-state index contributed by atoms with van der Waals surface area (Å²) in [4.78, 5) is 10.9. The molecule has 3 heterocycles. The second kappa shape index (κ2) is 7.38. The first-order valence-corrected chi connectivity index (χ1v) is 9.03. The smallest absolute Gasteiger partial charge is 0.137 e. The zero-order valence-corrected chi connectivity index (χ0v) is 14.9. The Morgan fingerprint density at radius 3 is 2.73 bits per heavy atom. The summed E-state index contributed by atoms with van der Waals surface area (Å²) in [6.07, 6.45) is 5.70. The molecule has 1 aliphatic rings. The standard InChI is InChI=1S/C21H22FN3O/c1-15-12-23-14-24-21(15)16-8-10-25(11-9-16)13-17-6-7-20(26-17)18-4-2-3-5-19(18)22/h2-7,12,14,16H,8-11,13H2,1H3. The highest BCUT2D eigenvalue weighted by molar-refractivity contribution is 5.58. The van der Waals surface area contributed by atoms with E-state index in [1.807, 2.05) is 24.4 Å². The first kappa shape index (κ1) is 16.9. The molecule has 0 atom stereocenters. The molecule has 1 fully saturated rings. The highest BCUT2D eigenvalue weighted by atomic mass is 19.1. The fourth-order valence-corrected chi connectivity index (χ4v) is 3.69. The van der Waals surface area contributed by atoms with Crippen LogP contribution in [-0.2, 0) is 6.54 Å². The summed E-state index contributed by atoms with van der Waals surface area (Å²) in [6, 6.07) is 10.5. The Kier molecular flexibility index (Phi) is 4.80. The second-order valence-corrected chi connectivity index (χ2v) is 6.89. The lowest BCUT2D eigenvalue weighted by Gasteiger charge is -2.31. The van der Waals surface area contributed by atoms with Gasteiger partial charge in [-0.1, -0.05) is 12.1 Å². The Bertz CT molecular complexity index is 884. The first-order valence-electron chi connectivity index (χ1n) is 9.03. The molecule has 0 amide bonds. The van der Waals surface area contributed by atoms with Crippen LogP contribution in [0, 0.1) is 12.7 Å². The van der Waals surface area contributed by atoms with Crippen molar-refractivity contribution in [3.8, 4) is 11.3 Å². The van der Waals surface area contributed by atoms with Crippen molar-refractivity contribution in [1.82, 2.24) is 14.9 Å². The molecule has 5 heteroatoms. The summed E-state index contributed by atoms with van der Waals surface area (Å²) in [5.74, 6) is 1.71. The molecule has 0 spiro atoms. The van der Waals surface area contributed by atoms with Crippen LogP contribution in [0.4, 0.5) is 4.39 Å². The largest absolute Gasteiger partial charge is 0.460 e. The molecular formula is C21H22FN3O.